The molecule has 2 N–H and O–H groups in total. The molecule has 0 amide bonds. The molecule has 4 atom stereocenters. The summed E-state index contributed by atoms with van der Waals surface area (Å²) in [6.45, 7) is 18.2. The highest BCUT2D eigenvalue weighted by Gasteiger charge is 2.37. The van der Waals surface area contributed by atoms with Gasteiger partial charge in [0, 0.05) is 19.1 Å². The monoisotopic (exact) mass is 294 g/mol. The van der Waals surface area contributed by atoms with Crippen molar-refractivity contribution in [2.24, 2.45) is 34.3 Å². The first kappa shape index (κ1) is 17.3. The minimum absolute atomic E-state index is 0.428. The SMILES string of the molecule is CC(C)(C)C1CCC(N)C(CN2CCC(C(C)(C)C)C2)C1. The van der Waals surface area contributed by atoms with Crippen LogP contribution in [-0.4, -0.2) is 30.6 Å². The van der Waals surface area contributed by atoms with Gasteiger partial charge in [-0.15, -0.1) is 0 Å². The van der Waals surface area contributed by atoms with Gasteiger partial charge in [-0.2, -0.15) is 0 Å². The summed E-state index contributed by atoms with van der Waals surface area (Å²) in [6.07, 6.45) is 5.25. The zero-order chi connectivity index (χ0) is 15.8. The maximum Gasteiger partial charge on any atom is 0.00795 e. The largest absolute Gasteiger partial charge is 0.327 e. The minimum Gasteiger partial charge on any atom is -0.327 e. The minimum atomic E-state index is 0.428. The van der Waals surface area contributed by atoms with Gasteiger partial charge in [0.05, 0.1) is 0 Å². The fourth-order valence-electron chi connectivity index (χ4n) is 4.32. The first-order chi connectivity index (χ1) is 9.57. The molecule has 0 bridgehead atoms. The second-order valence-corrected chi connectivity index (χ2v) is 9.91. The van der Waals surface area contributed by atoms with E-state index in [2.05, 4.69) is 46.4 Å². The Morgan fingerprint density at radius 2 is 1.52 bits per heavy atom. The van der Waals surface area contributed by atoms with Crippen molar-refractivity contribution in [1.29, 1.82) is 0 Å². The highest BCUT2D eigenvalue weighted by molar-refractivity contribution is 4.91. The highest BCUT2D eigenvalue weighted by atomic mass is 15.2. The quantitative estimate of drug-likeness (QED) is 0.829. The fraction of sp³-hybridized carbons (Fsp3) is 1.00. The van der Waals surface area contributed by atoms with Crippen LogP contribution < -0.4 is 5.73 Å². The fourth-order valence-corrected chi connectivity index (χ4v) is 4.32. The van der Waals surface area contributed by atoms with Crippen LogP contribution in [0.2, 0.25) is 0 Å². The standard InChI is InChI=1S/C19H38N2/c1-18(2,3)15-7-8-17(20)14(11-15)12-21-10-9-16(13-21)19(4,5)6/h14-17H,7-13,20H2,1-6H3. The van der Waals surface area contributed by atoms with Gasteiger partial charge >= 0.3 is 0 Å². The van der Waals surface area contributed by atoms with Crippen molar-refractivity contribution in [3.05, 3.63) is 0 Å². The van der Waals surface area contributed by atoms with E-state index in [-0.39, 0.29) is 0 Å². The van der Waals surface area contributed by atoms with Crippen molar-refractivity contribution in [3.8, 4) is 0 Å². The number of hydrogen-bond donors (Lipinski definition) is 1. The van der Waals surface area contributed by atoms with Gasteiger partial charge < -0.3 is 10.6 Å². The molecule has 2 heteroatoms. The van der Waals surface area contributed by atoms with Crippen molar-refractivity contribution in [3.63, 3.8) is 0 Å². The Balaban J connectivity index is 1.90. The Morgan fingerprint density at radius 3 is 2.05 bits per heavy atom. The molecule has 2 rings (SSSR count). The smallest absolute Gasteiger partial charge is 0.00795 e. The van der Waals surface area contributed by atoms with Crippen LogP contribution in [0.15, 0.2) is 0 Å². The lowest BCUT2D eigenvalue weighted by Gasteiger charge is -2.42. The summed E-state index contributed by atoms with van der Waals surface area (Å²) < 4.78 is 0. The zero-order valence-electron chi connectivity index (χ0n) is 15.3. The van der Waals surface area contributed by atoms with Crippen LogP contribution in [0.25, 0.3) is 0 Å². The molecule has 1 aliphatic carbocycles. The molecule has 0 aromatic heterocycles. The van der Waals surface area contributed by atoms with E-state index in [1.165, 1.54) is 45.3 Å². The van der Waals surface area contributed by atoms with Crippen LogP contribution in [0, 0.1) is 28.6 Å². The Labute approximate surface area is 132 Å². The van der Waals surface area contributed by atoms with Gasteiger partial charge in [-0.3, -0.25) is 0 Å². The van der Waals surface area contributed by atoms with Crippen molar-refractivity contribution < 1.29 is 0 Å². The zero-order valence-corrected chi connectivity index (χ0v) is 15.3. The van der Waals surface area contributed by atoms with Gasteiger partial charge in [-0.05, 0) is 60.8 Å². The van der Waals surface area contributed by atoms with E-state index >= 15 is 0 Å². The molecule has 0 radical (unpaired) electrons. The van der Waals surface area contributed by atoms with E-state index in [0.29, 0.717) is 22.8 Å². The van der Waals surface area contributed by atoms with Gasteiger partial charge in [0.25, 0.3) is 0 Å². The summed E-state index contributed by atoms with van der Waals surface area (Å²) in [5, 5.41) is 0. The Bertz CT molecular complexity index is 336. The van der Waals surface area contributed by atoms with Crippen molar-refractivity contribution in [1.82, 2.24) is 4.90 Å². The van der Waals surface area contributed by atoms with E-state index in [1.54, 1.807) is 0 Å². The van der Waals surface area contributed by atoms with Gasteiger partial charge in [0.2, 0.25) is 0 Å². The van der Waals surface area contributed by atoms with Crippen molar-refractivity contribution >= 4 is 0 Å². The normalized spacial score (nSPS) is 36.1. The van der Waals surface area contributed by atoms with Crippen LogP contribution in [0.1, 0.15) is 67.2 Å². The molecule has 21 heavy (non-hydrogen) atoms. The molecule has 2 nitrogen and oxygen atoms in total. The second kappa shape index (κ2) is 6.20. The average molecular weight is 295 g/mol. The molecule has 1 saturated carbocycles. The molecular weight excluding hydrogens is 256 g/mol. The predicted molar refractivity (Wildman–Crippen MR) is 92.3 cm³/mol. The van der Waals surface area contributed by atoms with Gasteiger partial charge in [-0.1, -0.05) is 41.5 Å². The third kappa shape index (κ3) is 4.45. The number of rotatable bonds is 2. The summed E-state index contributed by atoms with van der Waals surface area (Å²) >= 11 is 0. The third-order valence-corrected chi connectivity index (χ3v) is 6.26. The predicted octanol–water partition coefficient (Wildman–Crippen LogP) is 4.14. The number of nitrogens with two attached hydrogens (primary N) is 1. The van der Waals surface area contributed by atoms with Crippen molar-refractivity contribution in [2.75, 3.05) is 19.6 Å². The lowest BCUT2D eigenvalue weighted by Crippen LogP contribution is -2.44. The molecule has 124 valence electrons. The van der Waals surface area contributed by atoms with Crippen LogP contribution in [0.5, 0.6) is 0 Å². The van der Waals surface area contributed by atoms with Gasteiger partial charge in [0.1, 0.15) is 0 Å². The maximum atomic E-state index is 6.46. The number of hydrogen-bond acceptors (Lipinski definition) is 2. The summed E-state index contributed by atoms with van der Waals surface area (Å²) in [6, 6.07) is 0.428. The molecule has 0 spiro atoms. The van der Waals surface area contributed by atoms with Gasteiger partial charge in [0.15, 0.2) is 0 Å². The molecule has 1 aliphatic heterocycles. The van der Waals surface area contributed by atoms with E-state index in [9.17, 15) is 0 Å². The second-order valence-electron chi connectivity index (χ2n) is 9.91. The highest BCUT2D eigenvalue weighted by Crippen LogP contribution is 2.41. The molecule has 4 unspecified atom stereocenters. The summed E-state index contributed by atoms with van der Waals surface area (Å²) in [5.41, 5.74) is 7.35. The van der Waals surface area contributed by atoms with Crippen LogP contribution in [0.3, 0.4) is 0 Å². The molecule has 1 heterocycles. The molecule has 1 saturated heterocycles. The molecule has 0 aromatic carbocycles. The van der Waals surface area contributed by atoms with E-state index in [4.69, 9.17) is 5.73 Å². The summed E-state index contributed by atoms with van der Waals surface area (Å²) in [5.74, 6) is 2.42. The first-order valence-electron chi connectivity index (χ1n) is 9.05. The first-order valence-corrected chi connectivity index (χ1v) is 9.05. The number of likely N-dealkylation sites (tertiary alicyclic amines) is 1. The topological polar surface area (TPSA) is 29.3 Å². The molecular formula is C19H38N2. The summed E-state index contributed by atoms with van der Waals surface area (Å²) in [7, 11) is 0. The van der Waals surface area contributed by atoms with Gasteiger partial charge in [-0.25, -0.2) is 0 Å². The van der Waals surface area contributed by atoms with Crippen molar-refractivity contribution in [2.45, 2.75) is 73.3 Å². The van der Waals surface area contributed by atoms with Crippen LogP contribution >= 0.6 is 0 Å². The van der Waals surface area contributed by atoms with Crippen LogP contribution in [0.4, 0.5) is 0 Å². The molecule has 2 fully saturated rings. The lowest BCUT2D eigenvalue weighted by molar-refractivity contribution is 0.102. The van der Waals surface area contributed by atoms with E-state index in [1.807, 2.05) is 0 Å². The maximum absolute atomic E-state index is 6.46. The molecule has 0 aromatic rings. The summed E-state index contributed by atoms with van der Waals surface area (Å²) in [4.78, 5) is 2.70. The third-order valence-electron chi connectivity index (χ3n) is 6.26. The number of nitrogens with zero attached hydrogens (tertiary/aromatic N) is 1. The molecule has 2 aliphatic rings. The Kier molecular flexibility index (Phi) is 5.10. The Morgan fingerprint density at radius 1 is 0.905 bits per heavy atom. The van der Waals surface area contributed by atoms with E-state index in [0.717, 1.165) is 11.8 Å². The lowest BCUT2D eigenvalue weighted by atomic mass is 9.67. The van der Waals surface area contributed by atoms with E-state index < -0.39 is 0 Å². The van der Waals surface area contributed by atoms with Crippen LogP contribution in [-0.2, 0) is 0 Å². The average Bonchev–Trinajstić information content (AvgIpc) is 2.79. The Hall–Kier alpha value is -0.0800.